The molecule has 0 aliphatic rings. The summed E-state index contributed by atoms with van der Waals surface area (Å²) in [4.78, 5) is 0. The number of hydrogen-bond donors (Lipinski definition) is 0. The number of rotatable bonds is 5. The first kappa shape index (κ1) is 13.0. The van der Waals surface area contributed by atoms with Crippen LogP contribution in [0.4, 0.5) is 0 Å². The van der Waals surface area contributed by atoms with Gasteiger partial charge in [0.15, 0.2) is 0 Å². The van der Waals surface area contributed by atoms with E-state index in [1.807, 2.05) is 0 Å². The highest BCUT2D eigenvalue weighted by atomic mass is 16.5. The monoisotopic (exact) mass is 186 g/mol. The topological polar surface area (TPSA) is 9.23 Å². The maximum atomic E-state index is 5.77. The van der Waals surface area contributed by atoms with Gasteiger partial charge in [-0.15, -0.1) is 0 Å². The molecule has 0 aromatic rings. The Morgan fingerprint density at radius 1 is 1.15 bits per heavy atom. The number of hydrogen-bond acceptors (Lipinski definition) is 1. The van der Waals surface area contributed by atoms with Gasteiger partial charge in [-0.2, -0.15) is 0 Å². The maximum Gasteiger partial charge on any atom is 0.0547 e. The van der Waals surface area contributed by atoms with Crippen LogP contribution in [0.15, 0.2) is 0 Å². The van der Waals surface area contributed by atoms with Crippen molar-refractivity contribution < 1.29 is 4.74 Å². The Bertz CT molecular complexity index is 124. The first-order valence-electron chi connectivity index (χ1n) is 5.49. The number of ether oxygens (including phenoxy) is 1. The highest BCUT2D eigenvalue weighted by molar-refractivity contribution is 4.69. The first-order chi connectivity index (χ1) is 5.88. The minimum Gasteiger partial charge on any atom is -0.378 e. The molecule has 0 bridgehead atoms. The van der Waals surface area contributed by atoms with Gasteiger partial charge in [0.05, 0.1) is 6.10 Å². The zero-order valence-electron chi connectivity index (χ0n) is 10.2. The van der Waals surface area contributed by atoms with Crippen LogP contribution in [-0.4, -0.2) is 12.7 Å². The predicted octanol–water partition coefficient (Wildman–Crippen LogP) is 3.87. The van der Waals surface area contributed by atoms with Crippen molar-refractivity contribution in [2.45, 2.75) is 60.5 Å². The molecule has 0 aromatic carbocycles. The van der Waals surface area contributed by atoms with Gasteiger partial charge in [0, 0.05) is 6.61 Å². The summed E-state index contributed by atoms with van der Waals surface area (Å²) in [5.74, 6) is 0.631. The van der Waals surface area contributed by atoms with E-state index in [1.165, 1.54) is 12.8 Å². The van der Waals surface area contributed by atoms with Crippen molar-refractivity contribution in [1.29, 1.82) is 0 Å². The molecule has 0 radical (unpaired) electrons. The maximum absolute atomic E-state index is 5.77. The van der Waals surface area contributed by atoms with Crippen molar-refractivity contribution >= 4 is 0 Å². The average molecular weight is 186 g/mol. The molecule has 0 fully saturated rings. The Balaban J connectivity index is 3.63. The molecule has 2 atom stereocenters. The van der Waals surface area contributed by atoms with E-state index in [0.717, 1.165) is 6.61 Å². The van der Waals surface area contributed by atoms with Gasteiger partial charge in [0.2, 0.25) is 0 Å². The lowest BCUT2D eigenvalue weighted by Crippen LogP contribution is -2.24. The lowest BCUT2D eigenvalue weighted by atomic mass is 9.83. The molecular weight excluding hydrogens is 160 g/mol. The molecule has 0 amide bonds. The summed E-state index contributed by atoms with van der Waals surface area (Å²) in [6, 6.07) is 0. The van der Waals surface area contributed by atoms with Crippen LogP contribution in [0.2, 0.25) is 0 Å². The molecule has 0 saturated carbocycles. The molecule has 0 aliphatic heterocycles. The molecule has 0 saturated heterocycles. The molecule has 0 spiro atoms. The Hall–Kier alpha value is -0.0400. The van der Waals surface area contributed by atoms with Crippen LogP contribution in [0, 0.1) is 11.3 Å². The van der Waals surface area contributed by atoms with E-state index in [2.05, 4.69) is 41.5 Å². The summed E-state index contributed by atoms with van der Waals surface area (Å²) in [5.41, 5.74) is 0.367. The van der Waals surface area contributed by atoms with Gasteiger partial charge in [-0.25, -0.2) is 0 Å². The van der Waals surface area contributed by atoms with Gasteiger partial charge in [0.1, 0.15) is 0 Å². The van der Waals surface area contributed by atoms with Gasteiger partial charge in [-0.3, -0.25) is 0 Å². The van der Waals surface area contributed by atoms with Gasteiger partial charge in [0.25, 0.3) is 0 Å². The second kappa shape index (κ2) is 5.64. The van der Waals surface area contributed by atoms with E-state index in [-0.39, 0.29) is 0 Å². The van der Waals surface area contributed by atoms with Crippen molar-refractivity contribution in [3.8, 4) is 0 Å². The predicted molar refractivity (Wildman–Crippen MR) is 58.9 cm³/mol. The van der Waals surface area contributed by atoms with E-state index < -0.39 is 0 Å². The third-order valence-electron chi connectivity index (χ3n) is 2.80. The Labute approximate surface area is 83.9 Å². The van der Waals surface area contributed by atoms with E-state index in [1.54, 1.807) is 0 Å². The van der Waals surface area contributed by atoms with Crippen molar-refractivity contribution in [1.82, 2.24) is 0 Å². The summed E-state index contributed by atoms with van der Waals surface area (Å²) >= 11 is 0. The molecule has 0 aliphatic carbocycles. The fourth-order valence-corrected chi connectivity index (χ4v) is 1.05. The third-order valence-corrected chi connectivity index (χ3v) is 2.80. The minimum atomic E-state index is 0.367. The molecule has 13 heavy (non-hydrogen) atoms. The normalized spacial score (nSPS) is 17.1. The summed E-state index contributed by atoms with van der Waals surface area (Å²) in [6.07, 6.45) is 2.82. The van der Waals surface area contributed by atoms with Crippen molar-refractivity contribution in [2.75, 3.05) is 6.61 Å². The largest absolute Gasteiger partial charge is 0.378 e. The molecule has 1 nitrogen and oxygen atoms in total. The van der Waals surface area contributed by atoms with Crippen molar-refractivity contribution in [2.24, 2.45) is 11.3 Å². The van der Waals surface area contributed by atoms with Crippen LogP contribution >= 0.6 is 0 Å². The molecule has 0 rings (SSSR count). The van der Waals surface area contributed by atoms with Gasteiger partial charge in [-0.1, -0.05) is 41.0 Å². The second-order valence-corrected chi connectivity index (χ2v) is 5.20. The lowest BCUT2D eigenvalue weighted by molar-refractivity contribution is 0.0127. The summed E-state index contributed by atoms with van der Waals surface area (Å²) in [5, 5.41) is 0. The van der Waals surface area contributed by atoms with Crippen molar-refractivity contribution in [3.05, 3.63) is 0 Å². The summed E-state index contributed by atoms with van der Waals surface area (Å²) in [6.45, 7) is 14.3. The van der Waals surface area contributed by atoms with Crippen LogP contribution in [0.25, 0.3) is 0 Å². The third kappa shape index (κ3) is 6.09. The molecule has 80 valence electrons. The fraction of sp³-hybridized carbons (Fsp3) is 1.00. The SMILES string of the molecule is CCCC(C)OCC(C)C(C)(C)C. The first-order valence-corrected chi connectivity index (χ1v) is 5.49. The van der Waals surface area contributed by atoms with Crippen LogP contribution in [-0.2, 0) is 4.74 Å². The summed E-state index contributed by atoms with van der Waals surface area (Å²) < 4.78 is 5.77. The molecule has 1 heteroatoms. The molecule has 0 N–H and O–H groups in total. The van der Waals surface area contributed by atoms with E-state index in [0.29, 0.717) is 17.4 Å². The Morgan fingerprint density at radius 3 is 2.08 bits per heavy atom. The van der Waals surface area contributed by atoms with Crippen molar-refractivity contribution in [3.63, 3.8) is 0 Å². The summed E-state index contributed by atoms with van der Waals surface area (Å²) in [7, 11) is 0. The van der Waals surface area contributed by atoms with Crippen LogP contribution in [0.3, 0.4) is 0 Å². The fourth-order valence-electron chi connectivity index (χ4n) is 1.05. The Morgan fingerprint density at radius 2 is 1.69 bits per heavy atom. The van der Waals surface area contributed by atoms with E-state index in [9.17, 15) is 0 Å². The van der Waals surface area contributed by atoms with Crippen LogP contribution < -0.4 is 0 Å². The molecule has 0 aromatic heterocycles. The Kier molecular flexibility index (Phi) is 5.62. The van der Waals surface area contributed by atoms with Gasteiger partial charge in [-0.05, 0) is 24.7 Å². The smallest absolute Gasteiger partial charge is 0.0547 e. The zero-order chi connectivity index (χ0) is 10.5. The standard InChI is InChI=1S/C12H26O/c1-7-8-11(3)13-9-10(2)12(4,5)6/h10-11H,7-9H2,1-6H3. The van der Waals surface area contributed by atoms with Crippen LogP contribution in [0.5, 0.6) is 0 Å². The minimum absolute atomic E-state index is 0.367. The molecular formula is C12H26O. The van der Waals surface area contributed by atoms with Gasteiger partial charge < -0.3 is 4.74 Å². The zero-order valence-corrected chi connectivity index (χ0v) is 10.2. The molecule has 0 heterocycles. The molecule has 2 unspecified atom stereocenters. The van der Waals surface area contributed by atoms with Gasteiger partial charge >= 0.3 is 0 Å². The van der Waals surface area contributed by atoms with Crippen LogP contribution in [0.1, 0.15) is 54.4 Å². The lowest BCUT2D eigenvalue weighted by Gasteiger charge is -2.28. The average Bonchev–Trinajstić information content (AvgIpc) is 1.99. The highest BCUT2D eigenvalue weighted by Crippen LogP contribution is 2.25. The quantitative estimate of drug-likeness (QED) is 0.633. The van der Waals surface area contributed by atoms with E-state index in [4.69, 9.17) is 4.74 Å². The van der Waals surface area contributed by atoms with E-state index >= 15 is 0 Å². The second-order valence-electron chi connectivity index (χ2n) is 5.20. The highest BCUT2D eigenvalue weighted by Gasteiger charge is 2.20.